The van der Waals surface area contributed by atoms with Crippen molar-refractivity contribution in [2.45, 2.75) is 12.7 Å². The van der Waals surface area contributed by atoms with E-state index in [4.69, 9.17) is 0 Å². The summed E-state index contributed by atoms with van der Waals surface area (Å²) in [5, 5.41) is 44.3. The van der Waals surface area contributed by atoms with Crippen LogP contribution in [0.1, 0.15) is 32.2 Å². The van der Waals surface area contributed by atoms with E-state index in [1.54, 1.807) is 0 Å². The lowest BCUT2D eigenvalue weighted by molar-refractivity contribution is -0.141. The molecule has 4 aromatic rings. The molecule has 1 aromatic carbocycles. The molecule has 0 radical (unpaired) electrons. The number of phenolic OH excluding ortho intramolecular Hbond substituents is 2. The van der Waals surface area contributed by atoms with Gasteiger partial charge >= 0.3 is 12.3 Å². The second-order valence-electron chi connectivity index (χ2n) is 8.39. The quantitative estimate of drug-likeness (QED) is 0.124. The highest BCUT2D eigenvalue weighted by atomic mass is 19.4. The zero-order valence-corrected chi connectivity index (χ0v) is 21.5. The number of benzene rings is 1. The van der Waals surface area contributed by atoms with Crippen molar-refractivity contribution in [2.24, 2.45) is 0 Å². The molecule has 3 aromatic heterocycles. The molecule has 0 spiro atoms. The fourth-order valence-electron chi connectivity index (χ4n) is 3.55. The van der Waals surface area contributed by atoms with E-state index < -0.39 is 58.3 Å². The average molecular weight is 591 g/mol. The standard InChI is InChI=1S/C23H20F3N9O7/c1-33(22(41)42-2)31-20(39)13-7-12(36)8-16(38)18(13)28-21(40)14-6-11(9-34-10-17(29-32-34)23(24,25)26)30-35(14)19-15(37)4-3-5-27-19/h3-8,10,36-38H,9H2,1-2H3,(H,28,40)(H,31,39). The number of halogens is 3. The van der Waals surface area contributed by atoms with Gasteiger partial charge in [-0.1, -0.05) is 5.21 Å². The molecule has 220 valence electrons. The maximum atomic E-state index is 13.5. The largest absolute Gasteiger partial charge is 0.508 e. The number of phenols is 2. The van der Waals surface area contributed by atoms with Crippen molar-refractivity contribution in [3.63, 3.8) is 0 Å². The molecule has 0 aliphatic carbocycles. The van der Waals surface area contributed by atoms with Gasteiger partial charge in [0.2, 0.25) is 0 Å². The molecule has 4 rings (SSSR count). The number of rotatable bonds is 6. The lowest BCUT2D eigenvalue weighted by atomic mass is 10.1. The number of nitrogens with zero attached hydrogens (tertiary/aromatic N) is 7. The number of nitrogens with one attached hydrogen (secondary N) is 2. The first-order valence-electron chi connectivity index (χ1n) is 11.5. The van der Waals surface area contributed by atoms with E-state index in [1.807, 2.05) is 0 Å². The molecule has 0 unspecified atom stereocenters. The number of aromatic hydroxyl groups is 3. The zero-order chi connectivity index (χ0) is 30.8. The number of anilines is 1. The van der Waals surface area contributed by atoms with Crippen molar-refractivity contribution < 1.29 is 47.6 Å². The van der Waals surface area contributed by atoms with Gasteiger partial charge in [-0.05, 0) is 24.3 Å². The number of aromatic nitrogens is 6. The fraction of sp³-hybridized carbons (Fsp3) is 0.174. The molecule has 0 aliphatic rings. The van der Waals surface area contributed by atoms with E-state index in [0.29, 0.717) is 11.2 Å². The van der Waals surface area contributed by atoms with Crippen molar-refractivity contribution >= 4 is 23.6 Å². The molecule has 3 amide bonds. The van der Waals surface area contributed by atoms with E-state index in [2.05, 4.69) is 35.9 Å². The summed E-state index contributed by atoms with van der Waals surface area (Å²) in [6.45, 7) is -0.387. The molecule has 0 saturated heterocycles. The fourth-order valence-corrected chi connectivity index (χ4v) is 3.55. The Morgan fingerprint density at radius 1 is 1.10 bits per heavy atom. The van der Waals surface area contributed by atoms with Crippen molar-refractivity contribution in [2.75, 3.05) is 19.5 Å². The number of ether oxygens (including phenoxy) is 1. The molecule has 16 nitrogen and oxygen atoms in total. The molecule has 0 fully saturated rings. The second-order valence-corrected chi connectivity index (χ2v) is 8.39. The van der Waals surface area contributed by atoms with Crippen LogP contribution in [0.15, 0.2) is 42.7 Å². The number of alkyl halides is 3. The van der Waals surface area contributed by atoms with Crippen LogP contribution >= 0.6 is 0 Å². The summed E-state index contributed by atoms with van der Waals surface area (Å²) in [5.74, 6) is -4.05. The van der Waals surface area contributed by atoms with Crippen LogP contribution in [0, 0.1) is 0 Å². The lowest BCUT2D eigenvalue weighted by Gasteiger charge is -2.18. The van der Waals surface area contributed by atoms with Crippen molar-refractivity contribution in [1.82, 2.24) is 40.2 Å². The average Bonchev–Trinajstić information content (AvgIpc) is 3.57. The first-order valence-corrected chi connectivity index (χ1v) is 11.5. The van der Waals surface area contributed by atoms with E-state index >= 15 is 0 Å². The van der Waals surface area contributed by atoms with Crippen LogP contribution < -0.4 is 10.7 Å². The third-order valence-electron chi connectivity index (χ3n) is 5.42. The molecular weight excluding hydrogens is 571 g/mol. The van der Waals surface area contributed by atoms with Gasteiger partial charge in [0.05, 0.1) is 36.8 Å². The smallest absolute Gasteiger partial charge is 0.436 e. The number of methoxy groups -OCH3 is 1. The Morgan fingerprint density at radius 3 is 2.48 bits per heavy atom. The van der Waals surface area contributed by atoms with Gasteiger partial charge in [-0.25, -0.2) is 24.2 Å². The molecule has 3 heterocycles. The molecule has 5 N–H and O–H groups in total. The predicted molar refractivity (Wildman–Crippen MR) is 133 cm³/mol. The molecule has 42 heavy (non-hydrogen) atoms. The van der Waals surface area contributed by atoms with Crippen LogP contribution in [0.4, 0.5) is 23.7 Å². The van der Waals surface area contributed by atoms with E-state index in [0.717, 1.165) is 41.7 Å². The summed E-state index contributed by atoms with van der Waals surface area (Å²) >= 11 is 0. The topological polar surface area (TPSA) is 210 Å². The summed E-state index contributed by atoms with van der Waals surface area (Å²) in [6, 6.07) is 5.49. The Balaban J connectivity index is 1.72. The third kappa shape index (κ3) is 6.13. The minimum absolute atomic E-state index is 0.0172. The van der Waals surface area contributed by atoms with E-state index in [9.17, 15) is 42.9 Å². The third-order valence-corrected chi connectivity index (χ3v) is 5.42. The monoisotopic (exact) mass is 591 g/mol. The van der Waals surface area contributed by atoms with Gasteiger partial charge < -0.3 is 25.4 Å². The number of amides is 3. The maximum Gasteiger partial charge on any atom is 0.436 e. The van der Waals surface area contributed by atoms with Crippen molar-refractivity contribution in [3.8, 4) is 23.1 Å². The number of carbonyl (C=O) groups excluding carboxylic acids is 3. The van der Waals surface area contributed by atoms with E-state index in [1.165, 1.54) is 18.3 Å². The van der Waals surface area contributed by atoms with E-state index in [-0.39, 0.29) is 23.8 Å². The Kier molecular flexibility index (Phi) is 7.84. The van der Waals surface area contributed by atoms with Crippen LogP contribution in [-0.4, -0.2) is 82.2 Å². The van der Waals surface area contributed by atoms with Crippen LogP contribution in [0.25, 0.3) is 5.82 Å². The predicted octanol–water partition coefficient (Wildman–Crippen LogP) is 1.64. The summed E-state index contributed by atoms with van der Waals surface area (Å²) in [6.07, 6.45) is -3.80. The van der Waals surface area contributed by atoms with Crippen LogP contribution in [0.3, 0.4) is 0 Å². The van der Waals surface area contributed by atoms with Gasteiger partial charge in [-0.3, -0.25) is 15.0 Å². The number of hydrogen-bond donors (Lipinski definition) is 5. The van der Waals surface area contributed by atoms with Crippen molar-refractivity contribution in [3.05, 3.63) is 65.4 Å². The molecule has 0 atom stereocenters. The van der Waals surface area contributed by atoms with Gasteiger partial charge in [0.25, 0.3) is 11.8 Å². The van der Waals surface area contributed by atoms with Gasteiger partial charge in [0.1, 0.15) is 17.2 Å². The minimum Gasteiger partial charge on any atom is -0.508 e. The Hall–Kier alpha value is -5.88. The number of pyridine rings is 1. The second kappa shape index (κ2) is 11.3. The highest BCUT2D eigenvalue weighted by Gasteiger charge is 2.34. The van der Waals surface area contributed by atoms with Gasteiger partial charge in [0, 0.05) is 19.3 Å². The first kappa shape index (κ1) is 29.1. The molecular formula is C23H20F3N9O7. The normalized spacial score (nSPS) is 11.2. The lowest BCUT2D eigenvalue weighted by Crippen LogP contribution is -2.43. The Bertz CT molecular complexity index is 1670. The number of hydrazine groups is 1. The van der Waals surface area contributed by atoms with Crippen LogP contribution in [0.5, 0.6) is 17.2 Å². The number of carbonyl (C=O) groups is 3. The highest BCUT2D eigenvalue weighted by molar-refractivity contribution is 6.10. The van der Waals surface area contributed by atoms with Crippen LogP contribution in [0.2, 0.25) is 0 Å². The summed E-state index contributed by atoms with van der Waals surface area (Å²) in [4.78, 5) is 41.9. The van der Waals surface area contributed by atoms with Gasteiger partial charge in [-0.2, -0.15) is 18.3 Å². The molecule has 0 aliphatic heterocycles. The Morgan fingerprint density at radius 2 is 1.83 bits per heavy atom. The first-order chi connectivity index (χ1) is 19.8. The molecule has 0 bridgehead atoms. The minimum atomic E-state index is -4.75. The summed E-state index contributed by atoms with van der Waals surface area (Å²) in [5.41, 5.74) is -0.468. The zero-order valence-electron chi connectivity index (χ0n) is 21.5. The van der Waals surface area contributed by atoms with Crippen LogP contribution in [-0.2, 0) is 17.5 Å². The van der Waals surface area contributed by atoms with Gasteiger partial charge in [-0.15, -0.1) is 5.10 Å². The SMILES string of the molecule is COC(=O)N(C)NC(=O)c1cc(O)cc(O)c1NC(=O)c1cc(Cn2cc(C(F)(F)F)nn2)nn1-c1ncccc1O. The molecule has 19 heteroatoms. The molecule has 0 saturated carbocycles. The maximum absolute atomic E-state index is 13.5. The summed E-state index contributed by atoms with van der Waals surface area (Å²) < 4.78 is 45.0. The number of hydrogen-bond acceptors (Lipinski definition) is 11. The van der Waals surface area contributed by atoms with Crippen molar-refractivity contribution in [1.29, 1.82) is 0 Å². The van der Waals surface area contributed by atoms with Gasteiger partial charge in [0.15, 0.2) is 17.3 Å². The highest BCUT2D eigenvalue weighted by Crippen LogP contribution is 2.33. The Labute approximate surface area is 232 Å². The summed E-state index contributed by atoms with van der Waals surface area (Å²) in [7, 11) is 2.21.